The molecule has 0 saturated carbocycles. The Kier molecular flexibility index (Phi) is 4.62. The first-order chi connectivity index (χ1) is 11.6. The van der Waals surface area contributed by atoms with Crippen LogP contribution in [0.1, 0.15) is 16.1 Å². The maximum Gasteiger partial charge on any atom is 0.335 e. The fourth-order valence-corrected chi connectivity index (χ4v) is 2.70. The maximum absolute atomic E-state index is 11.9. The Hall–Kier alpha value is -3.06. The Morgan fingerprint density at radius 2 is 2.04 bits per heavy atom. The lowest BCUT2D eigenvalue weighted by Crippen LogP contribution is -2.19. The molecule has 6 nitrogen and oxygen atoms in total. The third-order valence-corrected chi connectivity index (χ3v) is 3.98. The zero-order valence-electron chi connectivity index (χ0n) is 12.3. The third kappa shape index (κ3) is 3.82. The second-order valence-electron chi connectivity index (χ2n) is 4.73. The molecule has 2 N–H and O–H groups in total. The van der Waals surface area contributed by atoms with Gasteiger partial charge in [-0.15, -0.1) is 0 Å². The summed E-state index contributed by atoms with van der Waals surface area (Å²) in [6.45, 7) is 0. The monoisotopic (exact) mass is 340 g/mol. The molecule has 1 amide bonds. The van der Waals surface area contributed by atoms with Crippen molar-refractivity contribution in [3.05, 3.63) is 71.0 Å². The topological polar surface area (TPSA) is 91.9 Å². The molecule has 1 aliphatic heterocycles. The van der Waals surface area contributed by atoms with Gasteiger partial charge in [-0.25, -0.2) is 9.79 Å². The molecule has 0 aliphatic carbocycles. The van der Waals surface area contributed by atoms with Gasteiger partial charge in [0.15, 0.2) is 5.17 Å². The van der Waals surface area contributed by atoms with Crippen LogP contribution >= 0.6 is 11.8 Å². The van der Waals surface area contributed by atoms with Crippen molar-refractivity contribution in [2.75, 3.05) is 0 Å². The van der Waals surface area contributed by atoms with Gasteiger partial charge in [0, 0.05) is 0 Å². The van der Waals surface area contributed by atoms with Gasteiger partial charge in [0.25, 0.3) is 5.91 Å². The van der Waals surface area contributed by atoms with Crippen molar-refractivity contribution in [3.63, 3.8) is 0 Å². The highest BCUT2D eigenvalue weighted by Crippen LogP contribution is 2.26. The van der Waals surface area contributed by atoms with Crippen LogP contribution in [0.15, 0.2) is 69.1 Å². The van der Waals surface area contributed by atoms with Crippen molar-refractivity contribution >= 4 is 40.6 Å². The van der Waals surface area contributed by atoms with Gasteiger partial charge in [-0.3, -0.25) is 4.79 Å². The van der Waals surface area contributed by atoms with E-state index in [-0.39, 0.29) is 11.5 Å². The standard InChI is InChI=1S/C17H12N2O4S/c20-15-14(5-1-3-13-4-2-10-23-13)24-17(19-15)18-12-8-6-11(7-9-12)16(21)22/h1-10H,(H,21,22)(H,18,19,20)/b3-1+,14-5+. The van der Waals surface area contributed by atoms with Gasteiger partial charge in [-0.2, -0.15) is 0 Å². The number of thioether (sulfide) groups is 1. The lowest BCUT2D eigenvalue weighted by molar-refractivity contribution is -0.115. The number of aliphatic imine (C=N–C) groups is 1. The average Bonchev–Trinajstić information content (AvgIpc) is 3.18. The minimum absolute atomic E-state index is 0.186. The van der Waals surface area contributed by atoms with Crippen molar-refractivity contribution in [1.29, 1.82) is 0 Å². The number of carbonyl (C=O) groups is 2. The number of nitrogens with zero attached hydrogens (tertiary/aromatic N) is 1. The fourth-order valence-electron chi connectivity index (χ4n) is 1.91. The van der Waals surface area contributed by atoms with Crippen LogP contribution in [0.5, 0.6) is 0 Å². The van der Waals surface area contributed by atoms with Crippen LogP contribution in [-0.4, -0.2) is 22.2 Å². The molecule has 3 rings (SSSR count). The van der Waals surface area contributed by atoms with E-state index >= 15 is 0 Å². The predicted molar refractivity (Wildman–Crippen MR) is 92.1 cm³/mol. The largest absolute Gasteiger partial charge is 0.478 e. The molecule has 0 spiro atoms. The maximum atomic E-state index is 11.9. The lowest BCUT2D eigenvalue weighted by Gasteiger charge is -1.97. The summed E-state index contributed by atoms with van der Waals surface area (Å²) in [5.41, 5.74) is 0.751. The van der Waals surface area contributed by atoms with Crippen LogP contribution in [0.4, 0.5) is 5.69 Å². The van der Waals surface area contributed by atoms with Gasteiger partial charge in [0.05, 0.1) is 22.4 Å². The number of rotatable bonds is 4. The van der Waals surface area contributed by atoms with Crippen molar-refractivity contribution in [2.45, 2.75) is 0 Å². The van der Waals surface area contributed by atoms with Gasteiger partial charge in [0.1, 0.15) is 5.76 Å². The molecule has 0 radical (unpaired) electrons. The van der Waals surface area contributed by atoms with E-state index in [0.717, 1.165) is 0 Å². The second-order valence-corrected chi connectivity index (χ2v) is 5.76. The number of benzene rings is 1. The quantitative estimate of drug-likeness (QED) is 0.832. The molecule has 1 aromatic carbocycles. The highest BCUT2D eigenvalue weighted by atomic mass is 32.2. The van der Waals surface area contributed by atoms with E-state index in [9.17, 15) is 9.59 Å². The number of hydrogen-bond acceptors (Lipinski definition) is 5. The summed E-state index contributed by atoms with van der Waals surface area (Å²) in [4.78, 5) is 27.5. The molecule has 2 aromatic rings. The molecule has 2 heterocycles. The molecule has 1 fully saturated rings. The van der Waals surface area contributed by atoms with E-state index in [1.165, 1.54) is 23.9 Å². The molecule has 1 saturated heterocycles. The minimum Gasteiger partial charge on any atom is -0.478 e. The average molecular weight is 340 g/mol. The Balaban J connectivity index is 1.70. The zero-order chi connectivity index (χ0) is 16.9. The molecular weight excluding hydrogens is 328 g/mol. The number of carboxylic acid groups (broad SMARTS) is 1. The summed E-state index contributed by atoms with van der Waals surface area (Å²) < 4.78 is 5.16. The first-order valence-corrected chi connectivity index (χ1v) is 7.76. The number of aromatic carboxylic acids is 1. The van der Waals surface area contributed by atoms with E-state index in [4.69, 9.17) is 9.52 Å². The number of amides is 1. The fraction of sp³-hybridized carbons (Fsp3) is 0. The smallest absolute Gasteiger partial charge is 0.335 e. The normalized spacial score (nSPS) is 17.8. The van der Waals surface area contributed by atoms with Gasteiger partial charge in [-0.1, -0.05) is 6.08 Å². The molecular formula is C17H12N2O4S. The SMILES string of the molecule is O=C1NC(=Nc2ccc(C(=O)O)cc2)S/C1=C/C=C/c1ccco1. The number of nitrogens with one attached hydrogen (secondary N) is 1. The van der Waals surface area contributed by atoms with E-state index in [1.807, 2.05) is 6.07 Å². The summed E-state index contributed by atoms with van der Waals surface area (Å²) >= 11 is 1.21. The van der Waals surface area contributed by atoms with Gasteiger partial charge < -0.3 is 14.8 Å². The molecule has 1 aliphatic rings. The van der Waals surface area contributed by atoms with E-state index in [1.54, 1.807) is 42.7 Å². The minimum atomic E-state index is -0.994. The predicted octanol–water partition coefficient (Wildman–Crippen LogP) is 3.43. The van der Waals surface area contributed by atoms with Crippen molar-refractivity contribution in [3.8, 4) is 0 Å². The van der Waals surface area contributed by atoms with Crippen LogP contribution in [0.2, 0.25) is 0 Å². The van der Waals surface area contributed by atoms with E-state index < -0.39 is 5.97 Å². The molecule has 0 unspecified atom stereocenters. The van der Waals surface area contributed by atoms with Gasteiger partial charge >= 0.3 is 5.97 Å². The first kappa shape index (κ1) is 15.8. The second kappa shape index (κ2) is 7.01. The van der Waals surface area contributed by atoms with Crippen molar-refractivity contribution in [2.24, 2.45) is 4.99 Å². The van der Waals surface area contributed by atoms with Gasteiger partial charge in [-0.05, 0) is 60.3 Å². The molecule has 0 bridgehead atoms. The number of allylic oxidation sites excluding steroid dienone is 2. The van der Waals surface area contributed by atoms with Crippen LogP contribution in [0.3, 0.4) is 0 Å². The molecule has 1 aromatic heterocycles. The lowest BCUT2D eigenvalue weighted by atomic mass is 10.2. The number of furan rings is 1. The van der Waals surface area contributed by atoms with Gasteiger partial charge in [0.2, 0.25) is 0 Å². The van der Waals surface area contributed by atoms with Crippen molar-refractivity contribution in [1.82, 2.24) is 5.32 Å². The zero-order valence-corrected chi connectivity index (χ0v) is 13.1. The molecule has 120 valence electrons. The molecule has 7 heteroatoms. The summed E-state index contributed by atoms with van der Waals surface area (Å²) in [6.07, 6.45) is 6.73. The first-order valence-electron chi connectivity index (χ1n) is 6.95. The Morgan fingerprint density at radius 1 is 1.25 bits per heavy atom. The molecule has 24 heavy (non-hydrogen) atoms. The summed E-state index contributed by atoms with van der Waals surface area (Å²) in [6, 6.07) is 9.69. The highest BCUT2D eigenvalue weighted by Gasteiger charge is 2.23. The number of carbonyl (C=O) groups excluding carboxylic acids is 1. The van der Waals surface area contributed by atoms with Crippen LogP contribution in [-0.2, 0) is 4.79 Å². The Morgan fingerprint density at radius 3 is 2.71 bits per heavy atom. The summed E-state index contributed by atoms with van der Waals surface area (Å²) in [7, 11) is 0. The number of amidine groups is 1. The van der Waals surface area contributed by atoms with Crippen LogP contribution in [0, 0.1) is 0 Å². The number of hydrogen-bond donors (Lipinski definition) is 2. The summed E-state index contributed by atoms with van der Waals surface area (Å²) in [5, 5.41) is 12.0. The van der Waals surface area contributed by atoms with Crippen molar-refractivity contribution < 1.29 is 19.1 Å². The third-order valence-electron chi connectivity index (χ3n) is 3.05. The Labute approximate surface area is 141 Å². The van der Waals surface area contributed by atoms with E-state index in [2.05, 4.69) is 10.3 Å². The molecule has 0 atom stereocenters. The highest BCUT2D eigenvalue weighted by molar-refractivity contribution is 8.18. The number of carboxylic acids is 1. The Bertz CT molecular complexity index is 849. The van der Waals surface area contributed by atoms with Crippen LogP contribution in [0.25, 0.3) is 6.08 Å². The van der Waals surface area contributed by atoms with E-state index in [0.29, 0.717) is 21.5 Å². The van der Waals surface area contributed by atoms with Crippen LogP contribution < -0.4 is 5.32 Å². The summed E-state index contributed by atoms with van der Waals surface area (Å²) in [5.74, 6) is -0.529.